The molecule has 5 heteroatoms. The minimum atomic E-state index is 0.162. The number of amides is 1. The molecule has 2 aromatic rings. The topological polar surface area (TPSA) is 36.4 Å². The molecule has 1 saturated heterocycles. The largest absolute Gasteiger partial charge is 0.330 e. The fourth-order valence-corrected chi connectivity index (χ4v) is 4.17. The molecule has 128 valence electrons. The summed E-state index contributed by atoms with van der Waals surface area (Å²) in [4.78, 5) is 23.9. The van der Waals surface area contributed by atoms with Gasteiger partial charge in [0.25, 0.3) is 5.91 Å². The van der Waals surface area contributed by atoms with Gasteiger partial charge in [-0.2, -0.15) is 0 Å². The van der Waals surface area contributed by atoms with Crippen LogP contribution in [-0.4, -0.2) is 46.9 Å². The van der Waals surface area contributed by atoms with Crippen LogP contribution in [-0.2, 0) is 6.54 Å². The lowest BCUT2D eigenvalue weighted by atomic mass is 10.0. The highest BCUT2D eigenvalue weighted by Crippen LogP contribution is 2.26. The number of pyridine rings is 1. The number of rotatable bonds is 4. The summed E-state index contributed by atoms with van der Waals surface area (Å²) in [6, 6.07) is 6.32. The van der Waals surface area contributed by atoms with E-state index in [1.807, 2.05) is 24.4 Å². The van der Waals surface area contributed by atoms with Gasteiger partial charge < -0.3 is 9.80 Å². The maximum Gasteiger partial charge on any atom is 0.264 e. The first-order valence-electron chi connectivity index (χ1n) is 8.50. The van der Waals surface area contributed by atoms with Gasteiger partial charge in [-0.05, 0) is 70.1 Å². The Hall–Kier alpha value is -1.72. The van der Waals surface area contributed by atoms with E-state index in [0.717, 1.165) is 36.4 Å². The molecule has 2 aromatic heterocycles. The fourth-order valence-electron chi connectivity index (χ4n) is 3.18. The van der Waals surface area contributed by atoms with Gasteiger partial charge in [-0.15, -0.1) is 11.3 Å². The molecular weight excluding hydrogens is 318 g/mol. The highest BCUT2D eigenvalue weighted by atomic mass is 32.1. The van der Waals surface area contributed by atoms with Gasteiger partial charge in [0.2, 0.25) is 0 Å². The third-order valence-corrected chi connectivity index (χ3v) is 5.98. The third-order valence-electron chi connectivity index (χ3n) is 4.84. The summed E-state index contributed by atoms with van der Waals surface area (Å²) < 4.78 is 0. The average Bonchev–Trinajstić information content (AvgIpc) is 2.93. The Morgan fingerprint density at radius 1 is 1.38 bits per heavy atom. The molecule has 0 aromatic carbocycles. The Balaban J connectivity index is 1.84. The van der Waals surface area contributed by atoms with Gasteiger partial charge >= 0.3 is 0 Å². The number of hydrogen-bond donors (Lipinski definition) is 0. The molecule has 0 unspecified atom stereocenters. The van der Waals surface area contributed by atoms with E-state index in [-0.39, 0.29) is 5.91 Å². The molecule has 0 radical (unpaired) electrons. The lowest BCUT2D eigenvalue weighted by Crippen LogP contribution is -2.46. The first-order valence-corrected chi connectivity index (χ1v) is 9.31. The van der Waals surface area contributed by atoms with Crippen LogP contribution in [0.1, 0.15) is 38.5 Å². The molecule has 0 spiro atoms. The Labute approximate surface area is 148 Å². The summed E-state index contributed by atoms with van der Waals surface area (Å²) in [6.45, 7) is 6.88. The van der Waals surface area contributed by atoms with Crippen LogP contribution < -0.4 is 0 Å². The smallest absolute Gasteiger partial charge is 0.264 e. The first kappa shape index (κ1) is 17.1. The zero-order valence-corrected chi connectivity index (χ0v) is 15.5. The molecule has 1 aliphatic rings. The van der Waals surface area contributed by atoms with Crippen LogP contribution in [0.25, 0.3) is 0 Å². The monoisotopic (exact) mass is 343 g/mol. The van der Waals surface area contributed by atoms with Crippen molar-refractivity contribution in [1.82, 2.24) is 14.8 Å². The molecule has 24 heavy (non-hydrogen) atoms. The molecule has 0 saturated carbocycles. The lowest BCUT2D eigenvalue weighted by molar-refractivity contribution is 0.0574. The van der Waals surface area contributed by atoms with Crippen molar-refractivity contribution in [3.05, 3.63) is 51.5 Å². The van der Waals surface area contributed by atoms with E-state index in [9.17, 15) is 4.79 Å². The van der Waals surface area contributed by atoms with Crippen molar-refractivity contribution in [2.24, 2.45) is 0 Å². The number of carbonyl (C=O) groups excluding carboxylic acids is 1. The van der Waals surface area contributed by atoms with Crippen molar-refractivity contribution in [2.75, 3.05) is 20.1 Å². The molecule has 0 bridgehead atoms. The summed E-state index contributed by atoms with van der Waals surface area (Å²) >= 11 is 1.61. The van der Waals surface area contributed by atoms with Gasteiger partial charge in [-0.25, -0.2) is 0 Å². The van der Waals surface area contributed by atoms with Gasteiger partial charge in [-0.3, -0.25) is 9.78 Å². The summed E-state index contributed by atoms with van der Waals surface area (Å²) in [5.74, 6) is 0.162. The van der Waals surface area contributed by atoms with Crippen molar-refractivity contribution in [2.45, 2.75) is 39.3 Å². The van der Waals surface area contributed by atoms with Crippen molar-refractivity contribution in [3.63, 3.8) is 0 Å². The minimum absolute atomic E-state index is 0.162. The number of hydrogen-bond acceptors (Lipinski definition) is 4. The number of nitrogens with zero attached hydrogens (tertiary/aromatic N) is 3. The van der Waals surface area contributed by atoms with Gasteiger partial charge in [0.05, 0.1) is 4.88 Å². The van der Waals surface area contributed by atoms with E-state index < -0.39 is 0 Å². The van der Waals surface area contributed by atoms with Crippen LogP contribution in [0.2, 0.25) is 0 Å². The van der Waals surface area contributed by atoms with E-state index in [1.165, 1.54) is 10.4 Å². The van der Waals surface area contributed by atoms with Gasteiger partial charge in [0, 0.05) is 29.9 Å². The number of thiophene rings is 1. The highest BCUT2D eigenvalue weighted by Gasteiger charge is 2.28. The van der Waals surface area contributed by atoms with Crippen LogP contribution in [0.15, 0.2) is 30.6 Å². The Bertz CT molecular complexity index is 670. The molecule has 1 aliphatic heterocycles. The molecule has 1 fully saturated rings. The van der Waals surface area contributed by atoms with Gasteiger partial charge in [0.1, 0.15) is 0 Å². The van der Waals surface area contributed by atoms with Crippen LogP contribution >= 0.6 is 11.3 Å². The molecule has 0 N–H and O–H groups in total. The summed E-state index contributed by atoms with van der Waals surface area (Å²) in [7, 11) is 2.15. The quantitative estimate of drug-likeness (QED) is 0.852. The predicted octanol–water partition coefficient (Wildman–Crippen LogP) is 3.50. The second-order valence-electron chi connectivity index (χ2n) is 6.68. The van der Waals surface area contributed by atoms with E-state index in [0.29, 0.717) is 12.6 Å². The zero-order valence-electron chi connectivity index (χ0n) is 14.7. The molecule has 3 heterocycles. The summed E-state index contributed by atoms with van der Waals surface area (Å²) in [5.41, 5.74) is 2.29. The Kier molecular flexibility index (Phi) is 5.31. The highest BCUT2D eigenvalue weighted by molar-refractivity contribution is 7.14. The van der Waals surface area contributed by atoms with Crippen molar-refractivity contribution < 1.29 is 4.79 Å². The van der Waals surface area contributed by atoms with Gasteiger partial charge in [-0.1, -0.05) is 6.07 Å². The molecule has 1 amide bonds. The molecule has 4 nitrogen and oxygen atoms in total. The number of aryl methyl sites for hydroxylation is 2. The van der Waals surface area contributed by atoms with Crippen molar-refractivity contribution in [1.29, 1.82) is 0 Å². The maximum atomic E-state index is 13.2. The van der Waals surface area contributed by atoms with Crippen molar-refractivity contribution in [3.8, 4) is 0 Å². The second kappa shape index (κ2) is 7.45. The Morgan fingerprint density at radius 2 is 2.12 bits per heavy atom. The normalized spacial score (nSPS) is 16.3. The standard InChI is InChI=1S/C19H25N3OS/c1-14-11-18(24-15(14)2)19(23)22(13-16-5-4-8-20-12-16)17-6-9-21(3)10-7-17/h4-5,8,11-12,17H,6-7,9-10,13H2,1-3H3. The Morgan fingerprint density at radius 3 is 2.71 bits per heavy atom. The predicted molar refractivity (Wildman–Crippen MR) is 98.4 cm³/mol. The number of likely N-dealkylation sites (tertiary alicyclic amines) is 1. The molecular formula is C19H25N3OS. The molecule has 3 rings (SSSR count). The third kappa shape index (κ3) is 3.84. The summed E-state index contributed by atoms with van der Waals surface area (Å²) in [6.07, 6.45) is 5.70. The van der Waals surface area contributed by atoms with E-state index >= 15 is 0 Å². The maximum absolute atomic E-state index is 13.2. The molecule has 0 aliphatic carbocycles. The fraction of sp³-hybridized carbons (Fsp3) is 0.474. The first-order chi connectivity index (χ1) is 11.5. The van der Waals surface area contributed by atoms with Gasteiger partial charge in [0.15, 0.2) is 0 Å². The van der Waals surface area contributed by atoms with E-state index in [2.05, 4.69) is 35.7 Å². The summed E-state index contributed by atoms with van der Waals surface area (Å²) in [5, 5.41) is 0. The van der Waals surface area contributed by atoms with Crippen LogP contribution in [0.4, 0.5) is 0 Å². The van der Waals surface area contributed by atoms with Crippen LogP contribution in [0.5, 0.6) is 0 Å². The average molecular weight is 343 g/mol. The van der Waals surface area contributed by atoms with E-state index in [1.54, 1.807) is 17.5 Å². The SMILES string of the molecule is Cc1cc(C(=O)N(Cc2cccnc2)C2CCN(C)CC2)sc1C. The van der Waals surface area contributed by atoms with E-state index in [4.69, 9.17) is 0 Å². The second-order valence-corrected chi connectivity index (χ2v) is 7.93. The molecule has 0 atom stereocenters. The zero-order chi connectivity index (χ0) is 17.1. The minimum Gasteiger partial charge on any atom is -0.330 e. The lowest BCUT2D eigenvalue weighted by Gasteiger charge is -2.37. The van der Waals surface area contributed by atoms with Crippen LogP contribution in [0.3, 0.4) is 0 Å². The number of carbonyl (C=O) groups is 1. The number of aromatic nitrogens is 1. The number of piperidine rings is 1. The van der Waals surface area contributed by atoms with Crippen LogP contribution in [0, 0.1) is 13.8 Å². The van der Waals surface area contributed by atoms with Crippen molar-refractivity contribution >= 4 is 17.2 Å².